The third-order valence-corrected chi connectivity index (χ3v) is 2.48. The van der Waals surface area contributed by atoms with E-state index in [1.54, 1.807) is 0 Å². The van der Waals surface area contributed by atoms with E-state index in [0.717, 1.165) is 13.1 Å². The molecular weight excluding hydrogens is 206 g/mol. The van der Waals surface area contributed by atoms with Gasteiger partial charge in [0.05, 0.1) is 11.2 Å². The minimum Gasteiger partial charge on any atom is -0.478 e. The summed E-state index contributed by atoms with van der Waals surface area (Å²) < 4.78 is 5.91. The number of hydrogen-bond acceptors (Lipinski definition) is 3. The Morgan fingerprint density at radius 1 is 1.31 bits per heavy atom. The molecule has 0 bridgehead atoms. The lowest BCUT2D eigenvalue weighted by atomic mass is 9.98. The van der Waals surface area contributed by atoms with E-state index in [1.807, 2.05) is 27.7 Å². The van der Waals surface area contributed by atoms with E-state index in [4.69, 9.17) is 9.84 Å². The van der Waals surface area contributed by atoms with Crippen LogP contribution >= 0.6 is 0 Å². The zero-order valence-corrected chi connectivity index (χ0v) is 10.5. The van der Waals surface area contributed by atoms with Crippen molar-refractivity contribution in [3.05, 3.63) is 12.2 Å². The number of morpholine rings is 1. The van der Waals surface area contributed by atoms with Gasteiger partial charge in [-0.1, -0.05) is 6.58 Å². The lowest BCUT2D eigenvalue weighted by Gasteiger charge is -2.47. The van der Waals surface area contributed by atoms with Gasteiger partial charge >= 0.3 is 5.97 Å². The molecule has 0 aromatic heterocycles. The highest BCUT2D eigenvalue weighted by Crippen LogP contribution is 2.28. The topological polar surface area (TPSA) is 49.8 Å². The molecule has 1 rings (SSSR count). The van der Waals surface area contributed by atoms with Gasteiger partial charge in [0.2, 0.25) is 0 Å². The number of ether oxygens (including phenoxy) is 1. The smallest absolute Gasteiger partial charge is 0.332 e. The number of nitrogens with zero attached hydrogens (tertiary/aromatic N) is 1. The van der Waals surface area contributed by atoms with E-state index < -0.39 is 5.97 Å². The molecule has 1 aliphatic rings. The predicted octanol–water partition coefficient (Wildman–Crippen LogP) is 1.52. The van der Waals surface area contributed by atoms with Crippen LogP contribution in [-0.2, 0) is 9.53 Å². The lowest BCUT2D eigenvalue weighted by molar-refractivity contribution is -0.179. The average Bonchev–Trinajstić information content (AvgIpc) is 1.96. The van der Waals surface area contributed by atoms with Crippen LogP contribution in [0.5, 0.6) is 0 Å². The average molecular weight is 227 g/mol. The minimum atomic E-state index is -0.929. The first kappa shape index (κ1) is 13.2. The zero-order chi connectivity index (χ0) is 12.6. The maximum atomic E-state index is 10.7. The summed E-state index contributed by atoms with van der Waals surface area (Å²) in [6, 6.07) is 0. The fourth-order valence-electron chi connectivity index (χ4n) is 2.39. The summed E-state index contributed by atoms with van der Waals surface area (Å²) in [4.78, 5) is 12.8. The standard InChI is InChI=1S/C12H21NO3/c1-9(10(14)15)6-13-7-11(2,3)16-12(4,5)8-13/h1,6-8H2,2-5H3,(H,14,15). The van der Waals surface area contributed by atoms with Gasteiger partial charge in [-0.25, -0.2) is 4.79 Å². The molecular formula is C12H21NO3. The van der Waals surface area contributed by atoms with Gasteiger partial charge in [0.15, 0.2) is 0 Å². The second-order valence-corrected chi connectivity index (χ2v) is 5.68. The zero-order valence-electron chi connectivity index (χ0n) is 10.5. The normalized spacial score (nSPS) is 24.0. The van der Waals surface area contributed by atoms with E-state index in [0.29, 0.717) is 6.54 Å². The molecule has 0 aliphatic carbocycles. The fraction of sp³-hybridized carbons (Fsp3) is 0.750. The van der Waals surface area contributed by atoms with Crippen molar-refractivity contribution in [3.63, 3.8) is 0 Å². The molecule has 4 nitrogen and oxygen atoms in total. The van der Waals surface area contributed by atoms with Gasteiger partial charge < -0.3 is 9.84 Å². The number of carboxylic acids is 1. The van der Waals surface area contributed by atoms with Crippen molar-refractivity contribution in [1.82, 2.24) is 4.90 Å². The van der Waals surface area contributed by atoms with Crippen molar-refractivity contribution in [2.24, 2.45) is 0 Å². The molecule has 0 radical (unpaired) electrons. The van der Waals surface area contributed by atoms with Crippen LogP contribution in [0.15, 0.2) is 12.2 Å². The van der Waals surface area contributed by atoms with Gasteiger partial charge in [-0.2, -0.15) is 0 Å². The third-order valence-electron chi connectivity index (χ3n) is 2.48. The monoisotopic (exact) mass is 227 g/mol. The predicted molar refractivity (Wildman–Crippen MR) is 62.5 cm³/mol. The Bertz CT molecular complexity index is 291. The number of aliphatic carboxylic acids is 1. The molecule has 1 saturated heterocycles. The Hall–Kier alpha value is -0.870. The molecule has 0 spiro atoms. The Balaban J connectivity index is 2.68. The minimum absolute atomic E-state index is 0.230. The van der Waals surface area contributed by atoms with Gasteiger partial charge in [0.1, 0.15) is 0 Å². The summed E-state index contributed by atoms with van der Waals surface area (Å²) in [5.41, 5.74) is -0.269. The van der Waals surface area contributed by atoms with Crippen LogP contribution in [-0.4, -0.2) is 46.8 Å². The summed E-state index contributed by atoms with van der Waals surface area (Å²) in [6.45, 7) is 13.5. The molecule has 1 N–H and O–H groups in total. The summed E-state index contributed by atoms with van der Waals surface area (Å²) in [7, 11) is 0. The van der Waals surface area contributed by atoms with Crippen LogP contribution < -0.4 is 0 Å². The molecule has 4 heteroatoms. The van der Waals surface area contributed by atoms with Crippen LogP contribution in [0.25, 0.3) is 0 Å². The first-order valence-electron chi connectivity index (χ1n) is 5.45. The summed E-state index contributed by atoms with van der Waals surface area (Å²) in [6.07, 6.45) is 0. The van der Waals surface area contributed by atoms with Crippen LogP contribution in [0, 0.1) is 0 Å². The van der Waals surface area contributed by atoms with E-state index in [1.165, 1.54) is 0 Å². The first-order chi connectivity index (χ1) is 7.11. The van der Waals surface area contributed by atoms with Crippen molar-refractivity contribution in [1.29, 1.82) is 0 Å². The lowest BCUT2D eigenvalue weighted by Crippen LogP contribution is -2.57. The third kappa shape index (κ3) is 3.61. The van der Waals surface area contributed by atoms with E-state index >= 15 is 0 Å². The number of carbonyl (C=O) groups is 1. The van der Waals surface area contributed by atoms with Gasteiger partial charge in [-0.05, 0) is 27.7 Å². The van der Waals surface area contributed by atoms with Gasteiger partial charge in [-0.3, -0.25) is 4.90 Å². The van der Waals surface area contributed by atoms with E-state index in [2.05, 4.69) is 11.5 Å². The Kier molecular flexibility index (Phi) is 3.45. The fourth-order valence-corrected chi connectivity index (χ4v) is 2.39. The van der Waals surface area contributed by atoms with Crippen molar-refractivity contribution < 1.29 is 14.6 Å². The number of carboxylic acid groups (broad SMARTS) is 1. The number of rotatable bonds is 3. The van der Waals surface area contributed by atoms with Gasteiger partial charge in [0.25, 0.3) is 0 Å². The van der Waals surface area contributed by atoms with E-state index in [9.17, 15) is 4.79 Å². The van der Waals surface area contributed by atoms with Crippen molar-refractivity contribution in [3.8, 4) is 0 Å². The van der Waals surface area contributed by atoms with Gasteiger partial charge in [-0.15, -0.1) is 0 Å². The molecule has 0 aromatic rings. The van der Waals surface area contributed by atoms with Crippen molar-refractivity contribution in [2.45, 2.75) is 38.9 Å². The second kappa shape index (κ2) is 4.18. The Morgan fingerprint density at radius 2 is 1.75 bits per heavy atom. The highest BCUT2D eigenvalue weighted by atomic mass is 16.5. The molecule has 1 heterocycles. The molecule has 0 unspecified atom stereocenters. The van der Waals surface area contributed by atoms with Gasteiger partial charge in [0, 0.05) is 25.2 Å². The molecule has 0 saturated carbocycles. The first-order valence-corrected chi connectivity index (χ1v) is 5.45. The van der Waals surface area contributed by atoms with Crippen molar-refractivity contribution in [2.75, 3.05) is 19.6 Å². The second-order valence-electron chi connectivity index (χ2n) is 5.68. The molecule has 0 amide bonds. The maximum Gasteiger partial charge on any atom is 0.332 e. The molecule has 1 aliphatic heterocycles. The maximum absolute atomic E-state index is 10.7. The molecule has 0 atom stereocenters. The Labute approximate surface area is 96.9 Å². The quantitative estimate of drug-likeness (QED) is 0.743. The van der Waals surface area contributed by atoms with E-state index in [-0.39, 0.29) is 16.8 Å². The molecule has 1 fully saturated rings. The largest absolute Gasteiger partial charge is 0.478 e. The van der Waals surface area contributed by atoms with Crippen LogP contribution in [0.2, 0.25) is 0 Å². The highest BCUT2D eigenvalue weighted by Gasteiger charge is 2.38. The Morgan fingerprint density at radius 3 is 2.12 bits per heavy atom. The molecule has 0 aromatic carbocycles. The van der Waals surface area contributed by atoms with Crippen molar-refractivity contribution >= 4 is 5.97 Å². The SMILES string of the molecule is C=C(CN1CC(C)(C)OC(C)(C)C1)C(=O)O. The number of hydrogen-bond donors (Lipinski definition) is 1. The summed E-state index contributed by atoms with van der Waals surface area (Å²) in [5.74, 6) is -0.929. The molecule has 16 heavy (non-hydrogen) atoms. The van der Waals surface area contributed by atoms with Crippen LogP contribution in [0.1, 0.15) is 27.7 Å². The molecule has 92 valence electrons. The van der Waals surface area contributed by atoms with Crippen LogP contribution in [0.3, 0.4) is 0 Å². The highest BCUT2D eigenvalue weighted by molar-refractivity contribution is 5.86. The summed E-state index contributed by atoms with van der Waals surface area (Å²) >= 11 is 0. The van der Waals surface area contributed by atoms with Crippen LogP contribution in [0.4, 0.5) is 0 Å². The summed E-state index contributed by atoms with van der Waals surface area (Å²) in [5, 5.41) is 8.82.